The standard InChI is InChI=1S/C11H21N3O4/c1-6(2)9(10(16)17)14-11(18)12-5-8(15)13-7(3)4/h6-7,9H,5H2,1-4H3,(H,13,15)(H,16,17)(H2,12,14,18). The van der Waals surface area contributed by atoms with Gasteiger partial charge in [-0.2, -0.15) is 0 Å². The summed E-state index contributed by atoms with van der Waals surface area (Å²) in [5, 5.41) is 16.1. The number of amides is 3. The van der Waals surface area contributed by atoms with E-state index >= 15 is 0 Å². The third kappa shape index (κ3) is 6.72. The fourth-order valence-electron chi connectivity index (χ4n) is 1.24. The smallest absolute Gasteiger partial charge is 0.326 e. The Balaban J connectivity index is 4.11. The number of urea groups is 1. The van der Waals surface area contributed by atoms with E-state index < -0.39 is 18.0 Å². The van der Waals surface area contributed by atoms with Gasteiger partial charge in [-0.15, -0.1) is 0 Å². The van der Waals surface area contributed by atoms with Crippen LogP contribution in [-0.4, -0.2) is 41.6 Å². The van der Waals surface area contributed by atoms with Gasteiger partial charge in [-0.3, -0.25) is 4.79 Å². The largest absolute Gasteiger partial charge is 0.480 e. The van der Waals surface area contributed by atoms with Crippen LogP contribution in [0.2, 0.25) is 0 Å². The number of carbonyl (C=O) groups is 3. The molecule has 3 amide bonds. The van der Waals surface area contributed by atoms with Crippen molar-refractivity contribution in [2.45, 2.75) is 39.8 Å². The molecule has 0 fully saturated rings. The second kappa shape index (κ2) is 7.52. The third-order valence-electron chi connectivity index (χ3n) is 2.08. The van der Waals surface area contributed by atoms with Gasteiger partial charge in [0.15, 0.2) is 0 Å². The SMILES string of the molecule is CC(C)NC(=O)CNC(=O)NC(C(=O)O)C(C)C. The monoisotopic (exact) mass is 259 g/mol. The van der Waals surface area contributed by atoms with E-state index in [0.29, 0.717) is 0 Å². The van der Waals surface area contributed by atoms with Crippen LogP contribution in [0.5, 0.6) is 0 Å². The third-order valence-corrected chi connectivity index (χ3v) is 2.08. The van der Waals surface area contributed by atoms with Crippen molar-refractivity contribution in [3.8, 4) is 0 Å². The molecule has 0 aromatic rings. The van der Waals surface area contributed by atoms with Gasteiger partial charge in [0.25, 0.3) is 0 Å². The molecule has 7 heteroatoms. The molecule has 0 saturated carbocycles. The molecule has 18 heavy (non-hydrogen) atoms. The van der Waals surface area contributed by atoms with Crippen LogP contribution < -0.4 is 16.0 Å². The summed E-state index contributed by atoms with van der Waals surface area (Å²) in [7, 11) is 0. The summed E-state index contributed by atoms with van der Waals surface area (Å²) in [6.07, 6.45) is 0. The van der Waals surface area contributed by atoms with Crippen LogP contribution in [0.15, 0.2) is 0 Å². The molecule has 0 aliphatic heterocycles. The molecule has 0 heterocycles. The van der Waals surface area contributed by atoms with Crippen molar-refractivity contribution in [2.24, 2.45) is 5.92 Å². The maximum atomic E-state index is 11.4. The van der Waals surface area contributed by atoms with E-state index in [0.717, 1.165) is 0 Å². The molecule has 0 aliphatic carbocycles. The summed E-state index contributed by atoms with van der Waals surface area (Å²) >= 11 is 0. The Bertz CT molecular complexity index is 315. The average Bonchev–Trinajstić information content (AvgIpc) is 2.21. The van der Waals surface area contributed by atoms with Crippen molar-refractivity contribution in [3.05, 3.63) is 0 Å². The average molecular weight is 259 g/mol. The number of aliphatic carboxylic acids is 1. The number of rotatable bonds is 6. The summed E-state index contributed by atoms with van der Waals surface area (Å²) in [5.74, 6) is -1.67. The minimum Gasteiger partial charge on any atom is -0.480 e. The van der Waals surface area contributed by atoms with Crippen LogP contribution in [0, 0.1) is 5.92 Å². The molecule has 1 atom stereocenters. The number of carboxylic acids is 1. The molecule has 4 N–H and O–H groups in total. The lowest BCUT2D eigenvalue weighted by atomic mass is 10.1. The van der Waals surface area contributed by atoms with E-state index in [1.807, 2.05) is 0 Å². The molecule has 0 aromatic heterocycles. The second-order valence-electron chi connectivity index (χ2n) is 4.61. The second-order valence-corrected chi connectivity index (χ2v) is 4.61. The first-order valence-corrected chi connectivity index (χ1v) is 5.80. The molecule has 0 bridgehead atoms. The highest BCUT2D eigenvalue weighted by molar-refractivity contribution is 5.86. The van der Waals surface area contributed by atoms with Gasteiger partial charge in [0, 0.05) is 6.04 Å². The van der Waals surface area contributed by atoms with Crippen molar-refractivity contribution < 1.29 is 19.5 Å². The van der Waals surface area contributed by atoms with Crippen LogP contribution in [0.4, 0.5) is 4.79 Å². The highest BCUT2D eigenvalue weighted by Crippen LogP contribution is 2.00. The van der Waals surface area contributed by atoms with E-state index in [2.05, 4.69) is 16.0 Å². The highest BCUT2D eigenvalue weighted by atomic mass is 16.4. The van der Waals surface area contributed by atoms with Crippen LogP contribution in [0.25, 0.3) is 0 Å². The minimum atomic E-state index is -1.10. The fraction of sp³-hybridized carbons (Fsp3) is 0.727. The van der Waals surface area contributed by atoms with Gasteiger partial charge in [-0.1, -0.05) is 13.8 Å². The van der Waals surface area contributed by atoms with E-state index in [-0.39, 0.29) is 24.4 Å². The Morgan fingerprint density at radius 1 is 1.06 bits per heavy atom. The maximum Gasteiger partial charge on any atom is 0.326 e. The van der Waals surface area contributed by atoms with Gasteiger partial charge in [0.05, 0.1) is 6.54 Å². The van der Waals surface area contributed by atoms with Gasteiger partial charge in [-0.25, -0.2) is 9.59 Å². The van der Waals surface area contributed by atoms with Crippen molar-refractivity contribution in [3.63, 3.8) is 0 Å². The van der Waals surface area contributed by atoms with E-state index in [9.17, 15) is 14.4 Å². The molecular weight excluding hydrogens is 238 g/mol. The molecule has 104 valence electrons. The Labute approximate surface area is 106 Å². The number of hydrogen-bond donors (Lipinski definition) is 4. The van der Waals surface area contributed by atoms with Crippen molar-refractivity contribution >= 4 is 17.9 Å². The maximum absolute atomic E-state index is 11.4. The fourth-order valence-corrected chi connectivity index (χ4v) is 1.24. The molecule has 0 aliphatic rings. The zero-order valence-electron chi connectivity index (χ0n) is 11.1. The molecule has 0 radical (unpaired) electrons. The Kier molecular flexibility index (Phi) is 6.77. The summed E-state index contributed by atoms with van der Waals surface area (Å²) in [6, 6.07) is -1.65. The van der Waals surface area contributed by atoms with Crippen molar-refractivity contribution in [1.29, 1.82) is 0 Å². The van der Waals surface area contributed by atoms with Crippen LogP contribution in [-0.2, 0) is 9.59 Å². The van der Waals surface area contributed by atoms with Crippen LogP contribution >= 0.6 is 0 Å². The van der Waals surface area contributed by atoms with Crippen molar-refractivity contribution in [2.75, 3.05) is 6.54 Å². The van der Waals surface area contributed by atoms with E-state index in [1.165, 1.54) is 0 Å². The van der Waals surface area contributed by atoms with Gasteiger partial charge in [0.1, 0.15) is 6.04 Å². The predicted octanol–water partition coefficient (Wildman–Crippen LogP) is -0.0806. The quantitative estimate of drug-likeness (QED) is 0.535. The normalized spacial score (nSPS) is 12.1. The summed E-state index contributed by atoms with van der Waals surface area (Å²) in [6.45, 7) is 6.79. The summed E-state index contributed by atoms with van der Waals surface area (Å²) < 4.78 is 0. The zero-order valence-corrected chi connectivity index (χ0v) is 11.1. The lowest BCUT2D eigenvalue weighted by molar-refractivity contribution is -0.140. The Morgan fingerprint density at radius 2 is 1.61 bits per heavy atom. The number of carbonyl (C=O) groups excluding carboxylic acids is 2. The molecule has 0 rings (SSSR count). The van der Waals surface area contributed by atoms with Gasteiger partial charge < -0.3 is 21.1 Å². The Morgan fingerprint density at radius 3 is 2.00 bits per heavy atom. The van der Waals surface area contributed by atoms with E-state index in [1.54, 1.807) is 27.7 Å². The molecule has 0 spiro atoms. The first-order valence-electron chi connectivity index (χ1n) is 5.80. The van der Waals surface area contributed by atoms with Gasteiger partial charge in [0.2, 0.25) is 5.91 Å². The molecule has 1 unspecified atom stereocenters. The topological polar surface area (TPSA) is 108 Å². The first-order chi connectivity index (χ1) is 8.23. The lowest BCUT2D eigenvalue weighted by Gasteiger charge is -2.18. The van der Waals surface area contributed by atoms with Gasteiger partial charge >= 0.3 is 12.0 Å². The number of carboxylic acid groups (broad SMARTS) is 1. The van der Waals surface area contributed by atoms with Crippen molar-refractivity contribution in [1.82, 2.24) is 16.0 Å². The highest BCUT2D eigenvalue weighted by Gasteiger charge is 2.23. The molecule has 0 saturated heterocycles. The molecule has 0 aromatic carbocycles. The number of nitrogens with one attached hydrogen (secondary N) is 3. The predicted molar refractivity (Wildman–Crippen MR) is 66.1 cm³/mol. The van der Waals surface area contributed by atoms with Gasteiger partial charge in [-0.05, 0) is 19.8 Å². The zero-order chi connectivity index (χ0) is 14.3. The molecule has 7 nitrogen and oxygen atoms in total. The van der Waals surface area contributed by atoms with Crippen LogP contribution in [0.1, 0.15) is 27.7 Å². The number of hydrogen-bond acceptors (Lipinski definition) is 3. The first kappa shape index (κ1) is 16.2. The van der Waals surface area contributed by atoms with E-state index in [4.69, 9.17) is 5.11 Å². The molecular formula is C11H21N3O4. The lowest BCUT2D eigenvalue weighted by Crippen LogP contribution is -2.50. The minimum absolute atomic E-state index is 0.00945. The summed E-state index contributed by atoms with van der Waals surface area (Å²) in [5.41, 5.74) is 0. The summed E-state index contributed by atoms with van der Waals surface area (Å²) in [4.78, 5) is 33.5. The van der Waals surface area contributed by atoms with Crippen LogP contribution in [0.3, 0.4) is 0 Å². The Hall–Kier alpha value is -1.79.